The topological polar surface area (TPSA) is 68.0 Å². The predicted molar refractivity (Wildman–Crippen MR) is 126 cm³/mol. The normalized spacial score (nSPS) is 21.5. The van der Waals surface area contributed by atoms with Crippen LogP contribution in [0.5, 0.6) is 0 Å². The summed E-state index contributed by atoms with van der Waals surface area (Å²) in [6, 6.07) is 4.35. The first-order chi connectivity index (χ1) is 16.8. The van der Waals surface area contributed by atoms with E-state index in [1.807, 2.05) is 10.8 Å². The van der Waals surface area contributed by atoms with Crippen molar-refractivity contribution in [1.82, 2.24) is 29.5 Å². The van der Waals surface area contributed by atoms with E-state index in [-0.39, 0.29) is 23.3 Å². The minimum absolute atomic E-state index is 0.0986. The van der Waals surface area contributed by atoms with Gasteiger partial charge in [-0.05, 0) is 50.8 Å². The molecule has 3 heterocycles. The summed E-state index contributed by atoms with van der Waals surface area (Å²) >= 11 is 0. The molecule has 10 heteroatoms. The lowest BCUT2D eigenvalue weighted by Gasteiger charge is -2.31. The monoisotopic (exact) mass is 488 g/mol. The number of aryl methyl sites for hydroxylation is 2. The second kappa shape index (κ2) is 9.64. The van der Waals surface area contributed by atoms with Crippen LogP contribution in [0.15, 0.2) is 36.9 Å². The van der Waals surface area contributed by atoms with Gasteiger partial charge in [-0.25, -0.2) is 4.98 Å². The van der Waals surface area contributed by atoms with Crippen LogP contribution in [0.2, 0.25) is 0 Å². The Labute approximate surface area is 202 Å². The Morgan fingerprint density at radius 1 is 1.23 bits per heavy atom. The molecule has 1 saturated carbocycles. The number of benzene rings is 1. The van der Waals surface area contributed by atoms with E-state index in [1.54, 1.807) is 25.6 Å². The van der Waals surface area contributed by atoms with Gasteiger partial charge in [-0.3, -0.25) is 9.48 Å². The Kier molecular flexibility index (Phi) is 6.57. The highest BCUT2D eigenvalue weighted by atomic mass is 19.4. The first-order valence-electron chi connectivity index (χ1n) is 12.3. The number of piperidine rings is 1. The molecule has 1 saturated heterocycles. The summed E-state index contributed by atoms with van der Waals surface area (Å²) in [6.45, 7) is 4.15. The number of para-hydroxylation sites is 1. The Morgan fingerprint density at radius 2 is 2.03 bits per heavy atom. The molecule has 1 amide bonds. The standard InChI is InChI=1S/C25H31F3N6O/c1-32-23-19(4-2-5-21(23)25(26,27)28)22(31-32)17-6-11-33(12-7-17)15-18-14-20(18)24(35)30-8-3-10-34-13-9-29-16-34/h2,4-5,9,13,16-18,20H,3,6-8,10-12,14-15H2,1H3,(H,30,35)/t18?,20-/m1/s1. The van der Waals surface area contributed by atoms with Gasteiger partial charge in [-0.15, -0.1) is 0 Å². The van der Waals surface area contributed by atoms with E-state index in [4.69, 9.17) is 0 Å². The number of alkyl halides is 3. The number of nitrogens with one attached hydrogen (secondary N) is 1. The third-order valence-corrected chi connectivity index (χ3v) is 7.38. The second-order valence-corrected chi connectivity index (χ2v) is 9.83. The number of rotatable bonds is 8. The molecular formula is C25H31F3N6O. The minimum atomic E-state index is -4.40. The summed E-state index contributed by atoms with van der Waals surface area (Å²) < 4.78 is 43.8. The molecule has 35 heavy (non-hydrogen) atoms. The number of carbonyl (C=O) groups excluding carboxylic acids is 1. The van der Waals surface area contributed by atoms with E-state index in [9.17, 15) is 18.0 Å². The van der Waals surface area contributed by atoms with Gasteiger partial charge in [-0.1, -0.05) is 12.1 Å². The molecule has 0 spiro atoms. The molecule has 0 bridgehead atoms. The fourth-order valence-electron chi connectivity index (χ4n) is 5.41. The first-order valence-corrected chi connectivity index (χ1v) is 12.3. The molecule has 0 radical (unpaired) electrons. The van der Waals surface area contributed by atoms with Crippen LogP contribution in [0.3, 0.4) is 0 Å². The molecule has 2 aromatic heterocycles. The Bertz CT molecular complexity index is 1160. The minimum Gasteiger partial charge on any atom is -0.356 e. The molecule has 3 aromatic rings. The smallest absolute Gasteiger partial charge is 0.356 e. The number of hydrogen-bond donors (Lipinski definition) is 1. The summed E-state index contributed by atoms with van der Waals surface area (Å²) in [4.78, 5) is 18.8. The molecule has 188 valence electrons. The maximum Gasteiger partial charge on any atom is 0.418 e. The number of aromatic nitrogens is 4. The van der Waals surface area contributed by atoms with Crippen molar-refractivity contribution in [3.05, 3.63) is 48.2 Å². The van der Waals surface area contributed by atoms with Crippen molar-refractivity contribution in [3.8, 4) is 0 Å². The highest BCUT2D eigenvalue weighted by Gasteiger charge is 2.44. The Hall–Kier alpha value is -2.88. The van der Waals surface area contributed by atoms with Gasteiger partial charge >= 0.3 is 6.18 Å². The average molecular weight is 489 g/mol. The molecule has 1 aromatic carbocycles. The van der Waals surface area contributed by atoms with Crippen molar-refractivity contribution in [2.24, 2.45) is 18.9 Å². The number of hydrogen-bond acceptors (Lipinski definition) is 4. The Morgan fingerprint density at radius 3 is 2.74 bits per heavy atom. The van der Waals surface area contributed by atoms with Crippen LogP contribution in [-0.2, 0) is 24.6 Å². The zero-order valence-electron chi connectivity index (χ0n) is 19.8. The van der Waals surface area contributed by atoms with Crippen LogP contribution in [-0.4, -0.2) is 56.3 Å². The van der Waals surface area contributed by atoms with Gasteiger partial charge in [0, 0.05) is 56.3 Å². The number of nitrogens with zero attached hydrogens (tertiary/aromatic N) is 5. The fourth-order valence-corrected chi connectivity index (χ4v) is 5.41. The third-order valence-electron chi connectivity index (χ3n) is 7.38. The number of amides is 1. The van der Waals surface area contributed by atoms with Crippen LogP contribution in [0, 0.1) is 11.8 Å². The van der Waals surface area contributed by atoms with Gasteiger partial charge in [0.15, 0.2) is 0 Å². The van der Waals surface area contributed by atoms with Crippen LogP contribution in [0.1, 0.15) is 42.9 Å². The van der Waals surface area contributed by atoms with Gasteiger partial charge < -0.3 is 14.8 Å². The summed E-state index contributed by atoms with van der Waals surface area (Å²) in [5.74, 6) is 0.787. The van der Waals surface area contributed by atoms with Crippen molar-refractivity contribution in [1.29, 1.82) is 0 Å². The maximum absolute atomic E-state index is 13.5. The van der Waals surface area contributed by atoms with E-state index in [1.165, 1.54) is 10.7 Å². The van der Waals surface area contributed by atoms with Crippen molar-refractivity contribution < 1.29 is 18.0 Å². The maximum atomic E-state index is 13.5. The van der Waals surface area contributed by atoms with E-state index in [2.05, 4.69) is 20.3 Å². The van der Waals surface area contributed by atoms with Crippen LogP contribution < -0.4 is 5.32 Å². The Balaban J connectivity index is 1.10. The van der Waals surface area contributed by atoms with E-state index in [0.29, 0.717) is 17.8 Å². The lowest BCUT2D eigenvalue weighted by atomic mass is 9.91. The summed E-state index contributed by atoms with van der Waals surface area (Å²) in [5.41, 5.74) is 0.301. The highest BCUT2D eigenvalue weighted by molar-refractivity contribution is 5.86. The lowest BCUT2D eigenvalue weighted by molar-refractivity contribution is -0.136. The number of likely N-dealkylation sites (tertiary alicyclic amines) is 1. The molecule has 1 N–H and O–H groups in total. The van der Waals surface area contributed by atoms with Crippen LogP contribution in [0.25, 0.3) is 10.9 Å². The SMILES string of the molecule is Cn1nc(C2CCN(CC3C[C@H]3C(=O)NCCCn3ccnc3)CC2)c2cccc(C(F)(F)F)c21. The third kappa shape index (κ3) is 5.22. The summed E-state index contributed by atoms with van der Waals surface area (Å²) in [7, 11) is 1.59. The van der Waals surface area contributed by atoms with Crippen molar-refractivity contribution in [2.75, 3.05) is 26.2 Å². The molecule has 1 unspecified atom stereocenters. The zero-order chi connectivity index (χ0) is 24.6. The van der Waals surface area contributed by atoms with Gasteiger partial charge in [0.2, 0.25) is 5.91 Å². The molecule has 2 aliphatic rings. The van der Waals surface area contributed by atoms with Gasteiger partial charge in [-0.2, -0.15) is 18.3 Å². The quantitative estimate of drug-likeness (QED) is 0.490. The molecule has 1 aliphatic carbocycles. The van der Waals surface area contributed by atoms with Gasteiger partial charge in [0.25, 0.3) is 0 Å². The summed E-state index contributed by atoms with van der Waals surface area (Å²) in [6.07, 6.45) is 4.56. The summed E-state index contributed by atoms with van der Waals surface area (Å²) in [5, 5.41) is 8.17. The fraction of sp³-hybridized carbons (Fsp3) is 0.560. The number of carbonyl (C=O) groups is 1. The molecule has 1 aliphatic heterocycles. The molecule has 2 atom stereocenters. The van der Waals surface area contributed by atoms with Crippen molar-refractivity contribution in [2.45, 2.75) is 44.3 Å². The molecule has 5 rings (SSSR count). The largest absolute Gasteiger partial charge is 0.418 e. The van der Waals surface area contributed by atoms with Crippen LogP contribution >= 0.6 is 0 Å². The van der Waals surface area contributed by atoms with E-state index < -0.39 is 11.7 Å². The van der Waals surface area contributed by atoms with E-state index in [0.717, 1.165) is 63.6 Å². The number of halogens is 3. The predicted octanol–water partition coefficient (Wildman–Crippen LogP) is 3.81. The zero-order valence-corrected chi connectivity index (χ0v) is 19.8. The second-order valence-electron chi connectivity index (χ2n) is 9.83. The van der Waals surface area contributed by atoms with Crippen LogP contribution in [0.4, 0.5) is 13.2 Å². The molecule has 7 nitrogen and oxygen atoms in total. The molecular weight excluding hydrogens is 457 g/mol. The highest BCUT2D eigenvalue weighted by Crippen LogP contribution is 2.41. The average Bonchev–Trinajstić information content (AvgIpc) is 3.23. The molecule has 2 fully saturated rings. The van der Waals surface area contributed by atoms with Gasteiger partial charge in [0.1, 0.15) is 0 Å². The van der Waals surface area contributed by atoms with Crippen molar-refractivity contribution >= 4 is 16.8 Å². The lowest BCUT2D eigenvalue weighted by Crippen LogP contribution is -2.35. The first kappa shape index (κ1) is 23.8. The van der Waals surface area contributed by atoms with Gasteiger partial charge in [0.05, 0.1) is 23.1 Å². The van der Waals surface area contributed by atoms with E-state index >= 15 is 0 Å². The number of fused-ring (bicyclic) bond motifs is 1. The van der Waals surface area contributed by atoms with Crippen molar-refractivity contribution in [3.63, 3.8) is 0 Å². The number of imidazole rings is 1.